The smallest absolute Gasteiger partial charge is 0.310 e. The van der Waals surface area contributed by atoms with Crippen LogP contribution in [0, 0.1) is 18.3 Å². The van der Waals surface area contributed by atoms with Crippen molar-refractivity contribution in [2.75, 3.05) is 6.61 Å². The molecule has 0 aliphatic carbocycles. The molecule has 0 saturated heterocycles. The molecule has 0 amide bonds. The molecule has 0 heterocycles. The Bertz CT molecular complexity index is 463. The number of nitriles is 1. The van der Waals surface area contributed by atoms with Crippen molar-refractivity contribution in [2.45, 2.75) is 26.1 Å². The lowest BCUT2D eigenvalue weighted by Gasteiger charge is -2.09. The van der Waals surface area contributed by atoms with Crippen LogP contribution in [0.25, 0.3) is 0 Å². The fraction of sp³-hybridized carbons (Fsp3) is 0.385. The number of nitrogens with zero attached hydrogens (tertiary/aromatic N) is 1. The second-order valence-electron chi connectivity index (χ2n) is 3.61. The third-order valence-electron chi connectivity index (χ3n) is 2.56. The third-order valence-corrected chi connectivity index (χ3v) is 2.85. The Kier molecular flexibility index (Phi) is 4.99. The minimum atomic E-state index is -0.318. The summed E-state index contributed by atoms with van der Waals surface area (Å²) in [5.41, 5.74) is 2.97. The summed E-state index contributed by atoms with van der Waals surface area (Å²) in [6, 6.07) is 5.73. The van der Waals surface area contributed by atoms with Gasteiger partial charge in [0.05, 0.1) is 24.7 Å². The van der Waals surface area contributed by atoms with Gasteiger partial charge in [-0.05, 0) is 30.5 Å². The lowest BCUT2D eigenvalue weighted by Crippen LogP contribution is -2.09. The number of ether oxygens (including phenoxy) is 1. The van der Waals surface area contributed by atoms with Crippen molar-refractivity contribution in [2.24, 2.45) is 0 Å². The number of carbonyl (C=O) groups excluding carboxylic acids is 1. The van der Waals surface area contributed by atoms with Gasteiger partial charge < -0.3 is 4.74 Å². The summed E-state index contributed by atoms with van der Waals surface area (Å²) in [5, 5.41) is 9.12. The van der Waals surface area contributed by atoms with Crippen LogP contribution in [0.15, 0.2) is 12.1 Å². The van der Waals surface area contributed by atoms with E-state index in [0.29, 0.717) is 23.6 Å². The SMILES string of the molecule is CCOC(=O)Cc1ccc(CCl)c(C)c1C#N. The molecule has 0 radical (unpaired) electrons. The van der Waals surface area contributed by atoms with E-state index in [-0.39, 0.29) is 12.4 Å². The van der Waals surface area contributed by atoms with E-state index in [2.05, 4.69) is 6.07 Å². The molecule has 90 valence electrons. The number of hydrogen-bond acceptors (Lipinski definition) is 3. The zero-order valence-electron chi connectivity index (χ0n) is 9.92. The zero-order chi connectivity index (χ0) is 12.8. The van der Waals surface area contributed by atoms with Gasteiger partial charge in [-0.25, -0.2) is 0 Å². The average Bonchev–Trinajstić information content (AvgIpc) is 2.30. The van der Waals surface area contributed by atoms with Gasteiger partial charge in [0.25, 0.3) is 0 Å². The molecular weight excluding hydrogens is 238 g/mol. The van der Waals surface area contributed by atoms with Crippen LogP contribution in [-0.2, 0) is 21.8 Å². The largest absolute Gasteiger partial charge is 0.466 e. The maximum Gasteiger partial charge on any atom is 0.310 e. The number of rotatable bonds is 4. The van der Waals surface area contributed by atoms with Gasteiger partial charge in [0.1, 0.15) is 0 Å². The van der Waals surface area contributed by atoms with E-state index in [9.17, 15) is 4.79 Å². The summed E-state index contributed by atoms with van der Waals surface area (Å²) < 4.78 is 4.87. The van der Waals surface area contributed by atoms with E-state index in [1.807, 2.05) is 13.0 Å². The average molecular weight is 252 g/mol. The summed E-state index contributed by atoms with van der Waals surface area (Å²) in [5.74, 6) is 0.0437. The maximum absolute atomic E-state index is 11.4. The van der Waals surface area contributed by atoms with Crippen LogP contribution in [-0.4, -0.2) is 12.6 Å². The molecule has 0 saturated carbocycles. The van der Waals surface area contributed by atoms with Crippen molar-refractivity contribution in [3.63, 3.8) is 0 Å². The maximum atomic E-state index is 11.4. The van der Waals surface area contributed by atoms with Crippen molar-refractivity contribution in [3.8, 4) is 6.07 Å². The van der Waals surface area contributed by atoms with Crippen LogP contribution in [0.5, 0.6) is 0 Å². The first-order valence-electron chi connectivity index (χ1n) is 5.37. The molecule has 0 atom stereocenters. The van der Waals surface area contributed by atoms with Crippen molar-refractivity contribution >= 4 is 17.6 Å². The lowest BCUT2D eigenvalue weighted by molar-refractivity contribution is -0.142. The molecule has 0 aliphatic rings. The number of esters is 1. The number of hydrogen-bond donors (Lipinski definition) is 0. The molecule has 17 heavy (non-hydrogen) atoms. The predicted octanol–water partition coefficient (Wildman–Crippen LogP) is 2.71. The standard InChI is InChI=1S/C13H14ClNO2/c1-3-17-13(16)6-10-4-5-11(7-14)9(2)12(10)8-15/h4-5H,3,6-7H2,1-2H3. The Morgan fingerprint density at radius 2 is 2.12 bits per heavy atom. The Balaban J connectivity index is 3.06. The number of alkyl halides is 1. The topological polar surface area (TPSA) is 50.1 Å². The van der Waals surface area contributed by atoms with Crippen LogP contribution >= 0.6 is 11.6 Å². The molecule has 3 nitrogen and oxygen atoms in total. The zero-order valence-corrected chi connectivity index (χ0v) is 10.7. The monoisotopic (exact) mass is 251 g/mol. The molecule has 0 aliphatic heterocycles. The molecule has 0 bridgehead atoms. The Hall–Kier alpha value is -1.53. The Labute approximate surface area is 106 Å². The fourth-order valence-electron chi connectivity index (χ4n) is 1.63. The molecule has 0 fully saturated rings. The van der Waals surface area contributed by atoms with Crippen LogP contribution in [0.4, 0.5) is 0 Å². The van der Waals surface area contributed by atoms with E-state index >= 15 is 0 Å². The third kappa shape index (κ3) is 3.21. The van der Waals surface area contributed by atoms with Gasteiger partial charge >= 0.3 is 5.97 Å². The van der Waals surface area contributed by atoms with Crippen molar-refractivity contribution in [3.05, 3.63) is 34.4 Å². The highest BCUT2D eigenvalue weighted by atomic mass is 35.5. The summed E-state index contributed by atoms with van der Waals surface area (Å²) in [4.78, 5) is 11.4. The van der Waals surface area contributed by atoms with Gasteiger partial charge in [-0.3, -0.25) is 4.79 Å². The highest BCUT2D eigenvalue weighted by molar-refractivity contribution is 6.17. The van der Waals surface area contributed by atoms with Gasteiger partial charge in [-0.1, -0.05) is 12.1 Å². The Morgan fingerprint density at radius 3 is 2.65 bits per heavy atom. The van der Waals surface area contributed by atoms with Gasteiger partial charge in [0.15, 0.2) is 0 Å². The summed E-state index contributed by atoms with van der Waals surface area (Å²) in [6.45, 7) is 3.94. The molecule has 0 N–H and O–H groups in total. The normalized spacial score (nSPS) is 9.76. The molecule has 1 rings (SSSR count). The minimum Gasteiger partial charge on any atom is -0.466 e. The van der Waals surface area contributed by atoms with Crippen molar-refractivity contribution in [1.29, 1.82) is 5.26 Å². The van der Waals surface area contributed by atoms with Crippen LogP contribution in [0.1, 0.15) is 29.2 Å². The van der Waals surface area contributed by atoms with Crippen molar-refractivity contribution in [1.82, 2.24) is 0 Å². The Morgan fingerprint density at radius 1 is 1.47 bits per heavy atom. The molecule has 0 spiro atoms. The molecule has 0 aromatic heterocycles. The van der Waals surface area contributed by atoms with Crippen molar-refractivity contribution < 1.29 is 9.53 Å². The van der Waals surface area contributed by atoms with E-state index in [1.165, 1.54) is 0 Å². The summed E-state index contributed by atoms with van der Waals surface area (Å²) in [6.07, 6.45) is 0.125. The lowest BCUT2D eigenvalue weighted by atomic mass is 9.97. The fourth-order valence-corrected chi connectivity index (χ4v) is 1.92. The van der Waals surface area contributed by atoms with E-state index in [4.69, 9.17) is 21.6 Å². The first-order chi connectivity index (χ1) is 8.13. The number of benzene rings is 1. The predicted molar refractivity (Wildman–Crippen MR) is 65.8 cm³/mol. The summed E-state index contributed by atoms with van der Waals surface area (Å²) in [7, 11) is 0. The van der Waals surface area contributed by atoms with Gasteiger partial charge in [0, 0.05) is 5.88 Å². The first-order valence-corrected chi connectivity index (χ1v) is 5.90. The first kappa shape index (κ1) is 13.5. The number of halogens is 1. The van der Waals surface area contributed by atoms with E-state index in [0.717, 1.165) is 11.1 Å². The van der Waals surface area contributed by atoms with Gasteiger partial charge in [-0.2, -0.15) is 5.26 Å². The van der Waals surface area contributed by atoms with Gasteiger partial charge in [0.2, 0.25) is 0 Å². The van der Waals surface area contributed by atoms with E-state index in [1.54, 1.807) is 13.0 Å². The molecule has 0 unspecified atom stereocenters. The quantitative estimate of drug-likeness (QED) is 0.611. The van der Waals surface area contributed by atoms with Crippen LogP contribution in [0.3, 0.4) is 0 Å². The molecule has 4 heteroatoms. The highest BCUT2D eigenvalue weighted by Gasteiger charge is 2.12. The number of carbonyl (C=O) groups is 1. The highest BCUT2D eigenvalue weighted by Crippen LogP contribution is 2.20. The molecular formula is C13H14ClNO2. The van der Waals surface area contributed by atoms with Gasteiger partial charge in [-0.15, -0.1) is 11.6 Å². The van der Waals surface area contributed by atoms with Crippen LogP contribution in [0.2, 0.25) is 0 Å². The second kappa shape index (κ2) is 6.27. The van der Waals surface area contributed by atoms with E-state index < -0.39 is 0 Å². The summed E-state index contributed by atoms with van der Waals surface area (Å²) >= 11 is 5.77. The molecule has 1 aromatic rings. The van der Waals surface area contributed by atoms with Crippen LogP contribution < -0.4 is 0 Å². The minimum absolute atomic E-state index is 0.125. The second-order valence-corrected chi connectivity index (χ2v) is 3.88. The molecule has 1 aromatic carbocycles.